The Morgan fingerprint density at radius 2 is 0.984 bits per heavy atom. The number of rotatable bonds is 20. The van der Waals surface area contributed by atoms with Crippen molar-refractivity contribution in [3.05, 3.63) is 143 Å². The van der Waals surface area contributed by atoms with Crippen molar-refractivity contribution in [2.45, 2.75) is 147 Å². The zero-order chi connectivity index (χ0) is 44.9. The molecule has 0 aromatic heterocycles. The molecule has 4 aromatic rings. The minimum Gasteiger partial charge on any atom is -0.335 e. The van der Waals surface area contributed by atoms with E-state index < -0.39 is 23.5 Å². The van der Waals surface area contributed by atoms with E-state index in [1.54, 1.807) is 12.1 Å². The first kappa shape index (κ1) is 49.8. The van der Waals surface area contributed by atoms with Gasteiger partial charge in [0.25, 0.3) is 0 Å². The monoisotopic (exact) mass is 879 g/mol. The molecule has 1 amide bonds. The van der Waals surface area contributed by atoms with E-state index in [2.05, 4.69) is 70.6 Å². The Hall–Kier alpha value is -4.19. The molecule has 2 saturated heterocycles. The predicted molar refractivity (Wildman–Crippen MR) is 242 cm³/mol. The molecule has 4 aromatic carbocycles. The standard InChI is InChI=1S/C32H45F3N2O.C20H23F3N2/c1-2-3-4-5-6-7-8-9-13-16-31(38)37(26-28-17-19-29(20-18-28)32(33,34)35)30-21-23-36(24-22-30)25-27-14-11-10-12-15-27;21-20(22,23)18-8-6-16(7-9-18)14-24-19-10-12-25(13-11-19)15-17-4-2-1-3-5-17/h10-12,14-15,17-20,30H,2-9,13,16,21-26H2,1H3;1-9,19,24H,10-15H2. The van der Waals surface area contributed by atoms with E-state index in [0.29, 0.717) is 25.6 Å². The van der Waals surface area contributed by atoms with Crippen LogP contribution in [0.4, 0.5) is 26.3 Å². The van der Waals surface area contributed by atoms with Gasteiger partial charge in [-0.15, -0.1) is 0 Å². The Bertz CT molecular complexity index is 1840. The summed E-state index contributed by atoms with van der Waals surface area (Å²) in [5.41, 5.74) is 3.02. The third-order valence-corrected chi connectivity index (χ3v) is 12.4. The van der Waals surface area contributed by atoms with Crippen molar-refractivity contribution in [1.29, 1.82) is 0 Å². The molecule has 2 heterocycles. The molecule has 0 atom stereocenters. The summed E-state index contributed by atoms with van der Waals surface area (Å²) in [6.07, 6.45) is 6.59. The van der Waals surface area contributed by atoms with Crippen LogP contribution in [-0.2, 0) is 43.3 Å². The number of halogens is 6. The normalized spacial score (nSPS) is 15.8. The third kappa shape index (κ3) is 18.1. The van der Waals surface area contributed by atoms with Crippen molar-refractivity contribution >= 4 is 5.91 Å². The molecule has 6 rings (SSSR count). The van der Waals surface area contributed by atoms with Crippen molar-refractivity contribution in [3.63, 3.8) is 0 Å². The molecule has 0 aliphatic carbocycles. The molecule has 2 aliphatic heterocycles. The first-order valence-corrected chi connectivity index (χ1v) is 23.2. The van der Waals surface area contributed by atoms with Gasteiger partial charge >= 0.3 is 12.4 Å². The van der Waals surface area contributed by atoms with Gasteiger partial charge in [0.1, 0.15) is 0 Å². The van der Waals surface area contributed by atoms with E-state index in [4.69, 9.17) is 0 Å². The fourth-order valence-corrected chi connectivity index (χ4v) is 8.59. The number of hydrogen-bond acceptors (Lipinski definition) is 4. The number of benzene rings is 4. The van der Waals surface area contributed by atoms with Gasteiger partial charge < -0.3 is 10.2 Å². The molecule has 0 radical (unpaired) electrons. The van der Waals surface area contributed by atoms with Crippen molar-refractivity contribution in [2.75, 3.05) is 26.2 Å². The first-order valence-electron chi connectivity index (χ1n) is 23.2. The summed E-state index contributed by atoms with van der Waals surface area (Å²) >= 11 is 0. The lowest BCUT2D eigenvalue weighted by atomic mass is 10.00. The maximum Gasteiger partial charge on any atom is 0.416 e. The molecule has 2 aliphatic rings. The van der Waals surface area contributed by atoms with Crippen molar-refractivity contribution < 1.29 is 31.1 Å². The highest BCUT2D eigenvalue weighted by atomic mass is 19.4. The average Bonchev–Trinajstić information content (AvgIpc) is 3.28. The summed E-state index contributed by atoms with van der Waals surface area (Å²) in [5.74, 6) is 0.134. The highest BCUT2D eigenvalue weighted by Gasteiger charge is 2.32. The van der Waals surface area contributed by atoms with Crippen LogP contribution >= 0.6 is 0 Å². The second-order valence-electron chi connectivity index (χ2n) is 17.4. The zero-order valence-corrected chi connectivity index (χ0v) is 37.1. The van der Waals surface area contributed by atoms with Crippen molar-refractivity contribution in [2.24, 2.45) is 0 Å². The van der Waals surface area contributed by atoms with Gasteiger partial charge in [0.2, 0.25) is 5.91 Å². The van der Waals surface area contributed by atoms with Crippen LogP contribution < -0.4 is 5.32 Å². The van der Waals surface area contributed by atoms with E-state index >= 15 is 0 Å². The SMILES string of the molecule is CCCCCCCCCCCC(=O)N(Cc1ccc(C(F)(F)F)cc1)C1CCN(Cc2ccccc2)CC1.FC(F)(F)c1ccc(CNC2CCN(Cc3ccccc3)CC2)cc1. The lowest BCUT2D eigenvalue weighted by molar-refractivity contribution is -0.138. The highest BCUT2D eigenvalue weighted by Crippen LogP contribution is 2.31. The molecule has 0 spiro atoms. The topological polar surface area (TPSA) is 38.8 Å². The van der Waals surface area contributed by atoms with Crippen LogP contribution in [-0.4, -0.2) is 58.9 Å². The summed E-state index contributed by atoms with van der Waals surface area (Å²) in [4.78, 5) is 20.2. The molecule has 0 bridgehead atoms. The van der Waals surface area contributed by atoms with Gasteiger partial charge in [-0.25, -0.2) is 0 Å². The number of nitrogens with one attached hydrogen (secondary N) is 1. The molecular formula is C52H68F6N4O. The molecule has 63 heavy (non-hydrogen) atoms. The quantitative estimate of drug-likeness (QED) is 0.0709. The summed E-state index contributed by atoms with van der Waals surface area (Å²) < 4.78 is 76.8. The van der Waals surface area contributed by atoms with E-state index in [0.717, 1.165) is 120 Å². The lowest BCUT2D eigenvalue weighted by Crippen LogP contribution is -2.46. The van der Waals surface area contributed by atoms with Gasteiger partial charge in [-0.3, -0.25) is 14.6 Å². The predicted octanol–water partition coefficient (Wildman–Crippen LogP) is 13.1. The average molecular weight is 879 g/mol. The molecule has 0 unspecified atom stereocenters. The van der Waals surface area contributed by atoms with E-state index in [-0.39, 0.29) is 11.9 Å². The number of carbonyl (C=O) groups excluding carboxylic acids is 1. The van der Waals surface area contributed by atoms with Crippen LogP contribution in [0.1, 0.15) is 130 Å². The number of amides is 1. The number of piperidine rings is 2. The molecule has 1 N–H and O–H groups in total. The van der Waals surface area contributed by atoms with Crippen LogP contribution in [0.15, 0.2) is 109 Å². The summed E-state index contributed by atoms with van der Waals surface area (Å²) in [6, 6.07) is 32.1. The van der Waals surface area contributed by atoms with Crippen LogP contribution in [0.2, 0.25) is 0 Å². The molecule has 5 nitrogen and oxygen atoms in total. The Morgan fingerprint density at radius 3 is 1.44 bits per heavy atom. The Morgan fingerprint density at radius 1 is 0.556 bits per heavy atom. The van der Waals surface area contributed by atoms with Crippen molar-refractivity contribution in [1.82, 2.24) is 20.0 Å². The minimum absolute atomic E-state index is 0.121. The smallest absolute Gasteiger partial charge is 0.335 e. The van der Waals surface area contributed by atoms with Crippen molar-refractivity contribution in [3.8, 4) is 0 Å². The van der Waals surface area contributed by atoms with Crippen LogP contribution in [0.5, 0.6) is 0 Å². The lowest BCUT2D eigenvalue weighted by Gasteiger charge is -2.39. The van der Waals surface area contributed by atoms with Gasteiger partial charge in [0, 0.05) is 57.8 Å². The van der Waals surface area contributed by atoms with E-state index in [9.17, 15) is 31.1 Å². The second kappa shape index (κ2) is 25.9. The fraction of sp³-hybridized carbons (Fsp3) is 0.519. The summed E-state index contributed by atoms with van der Waals surface area (Å²) in [7, 11) is 0. The second-order valence-corrected chi connectivity index (χ2v) is 17.4. The highest BCUT2D eigenvalue weighted by molar-refractivity contribution is 5.76. The molecule has 0 saturated carbocycles. The number of hydrogen-bond donors (Lipinski definition) is 1. The number of alkyl halides is 6. The van der Waals surface area contributed by atoms with Gasteiger partial charge in [0.05, 0.1) is 11.1 Å². The maximum atomic E-state index is 13.4. The fourth-order valence-electron chi connectivity index (χ4n) is 8.59. The summed E-state index contributed by atoms with van der Waals surface area (Å²) in [6.45, 7) is 9.00. The largest absolute Gasteiger partial charge is 0.416 e. The maximum absolute atomic E-state index is 13.4. The molecule has 2 fully saturated rings. The number of carbonyl (C=O) groups is 1. The molecule has 344 valence electrons. The van der Waals surface area contributed by atoms with Gasteiger partial charge in [-0.2, -0.15) is 26.3 Å². The van der Waals surface area contributed by atoms with Gasteiger partial charge in [0.15, 0.2) is 0 Å². The van der Waals surface area contributed by atoms with E-state index in [1.165, 1.54) is 61.8 Å². The Kier molecular flexibility index (Phi) is 20.5. The third-order valence-electron chi connectivity index (χ3n) is 12.4. The van der Waals surface area contributed by atoms with E-state index in [1.807, 2.05) is 17.0 Å². The molecular weight excluding hydrogens is 811 g/mol. The van der Waals surface area contributed by atoms with Crippen LogP contribution in [0.3, 0.4) is 0 Å². The minimum atomic E-state index is -4.35. The van der Waals surface area contributed by atoms with Gasteiger partial charge in [-0.05, 0) is 91.7 Å². The summed E-state index contributed by atoms with van der Waals surface area (Å²) in [5, 5.41) is 3.47. The van der Waals surface area contributed by atoms with Crippen LogP contribution in [0.25, 0.3) is 0 Å². The zero-order valence-electron chi connectivity index (χ0n) is 37.1. The number of likely N-dealkylation sites (tertiary alicyclic amines) is 2. The van der Waals surface area contributed by atoms with Gasteiger partial charge in [-0.1, -0.05) is 143 Å². The number of unbranched alkanes of at least 4 members (excludes halogenated alkanes) is 8. The Balaban J connectivity index is 0.000000258. The van der Waals surface area contributed by atoms with Crippen LogP contribution in [0, 0.1) is 0 Å². The molecule has 11 heteroatoms. The first-order chi connectivity index (χ1) is 30.4. The number of nitrogens with zero attached hydrogens (tertiary/aromatic N) is 3. The Labute approximate surface area is 372 Å².